The highest BCUT2D eigenvalue weighted by Crippen LogP contribution is 2.24. The summed E-state index contributed by atoms with van der Waals surface area (Å²) in [4.78, 5) is 17.0. The number of nitrogens with one attached hydrogen (secondary N) is 1. The molecule has 3 rings (SSSR count). The number of sulfone groups is 1. The first-order valence-corrected chi connectivity index (χ1v) is 10.9. The molecule has 0 aliphatic rings. The highest BCUT2D eigenvalue weighted by Gasteiger charge is 2.15. The van der Waals surface area contributed by atoms with Gasteiger partial charge in [0, 0.05) is 23.4 Å². The third-order valence-electron chi connectivity index (χ3n) is 3.35. The summed E-state index contributed by atoms with van der Waals surface area (Å²) in [6.45, 7) is 0. The van der Waals surface area contributed by atoms with E-state index in [4.69, 9.17) is 0 Å². The summed E-state index contributed by atoms with van der Waals surface area (Å²) in [5, 5.41) is 8.91. The molecule has 0 aliphatic carbocycles. The van der Waals surface area contributed by atoms with Crippen molar-refractivity contribution in [3.63, 3.8) is 0 Å². The highest BCUT2D eigenvalue weighted by atomic mass is 32.2. The molecule has 0 saturated heterocycles. The largest absolute Gasteiger partial charge is 0.298 e. The van der Waals surface area contributed by atoms with Gasteiger partial charge in [0.2, 0.25) is 0 Å². The number of nitrogens with zero attached hydrogens (tertiary/aromatic N) is 1. The van der Waals surface area contributed by atoms with E-state index in [1.54, 1.807) is 29.8 Å². The van der Waals surface area contributed by atoms with E-state index in [2.05, 4.69) is 10.3 Å². The average Bonchev–Trinajstić information content (AvgIpc) is 3.25. The van der Waals surface area contributed by atoms with Gasteiger partial charge >= 0.3 is 0 Å². The van der Waals surface area contributed by atoms with Crippen LogP contribution in [0.3, 0.4) is 0 Å². The van der Waals surface area contributed by atoms with Crippen molar-refractivity contribution < 1.29 is 13.2 Å². The highest BCUT2D eigenvalue weighted by molar-refractivity contribution is 7.90. The number of rotatable bonds is 5. The van der Waals surface area contributed by atoms with E-state index < -0.39 is 9.84 Å². The summed E-state index contributed by atoms with van der Waals surface area (Å²) in [7, 11) is -3.28. The molecule has 1 aromatic carbocycles. The van der Waals surface area contributed by atoms with Gasteiger partial charge in [0.15, 0.2) is 15.0 Å². The number of benzene rings is 1. The molecular weight excluding hydrogens is 376 g/mol. The van der Waals surface area contributed by atoms with Crippen LogP contribution in [0.2, 0.25) is 0 Å². The van der Waals surface area contributed by atoms with Gasteiger partial charge in [0.05, 0.1) is 4.90 Å². The quantitative estimate of drug-likeness (QED) is 0.673. The molecule has 0 atom stereocenters. The Bertz CT molecular complexity index is 988. The van der Waals surface area contributed by atoms with E-state index >= 15 is 0 Å². The Morgan fingerprint density at radius 2 is 1.92 bits per heavy atom. The van der Waals surface area contributed by atoms with Crippen molar-refractivity contribution in [2.75, 3.05) is 11.6 Å². The number of amides is 1. The fourth-order valence-electron chi connectivity index (χ4n) is 2.14. The Labute approximate surface area is 153 Å². The van der Waals surface area contributed by atoms with Crippen LogP contribution in [0.25, 0.3) is 11.6 Å². The molecule has 25 heavy (non-hydrogen) atoms. The van der Waals surface area contributed by atoms with Crippen molar-refractivity contribution in [3.05, 3.63) is 63.8 Å². The molecule has 3 aromatic rings. The lowest BCUT2D eigenvalue weighted by Gasteiger charge is -2.08. The van der Waals surface area contributed by atoms with Crippen LogP contribution in [-0.4, -0.2) is 25.6 Å². The summed E-state index contributed by atoms with van der Waals surface area (Å²) in [6, 6.07) is 8.18. The van der Waals surface area contributed by atoms with Crippen molar-refractivity contribution in [3.8, 4) is 0 Å². The Balaban J connectivity index is 1.98. The summed E-state index contributed by atoms with van der Waals surface area (Å²) in [5.41, 5.74) is 1.97. The molecule has 0 fully saturated rings. The molecule has 0 unspecified atom stereocenters. The molecule has 128 valence electrons. The van der Waals surface area contributed by atoms with E-state index in [9.17, 15) is 13.2 Å². The minimum atomic E-state index is -3.28. The van der Waals surface area contributed by atoms with E-state index in [-0.39, 0.29) is 10.8 Å². The van der Waals surface area contributed by atoms with Crippen molar-refractivity contribution in [2.24, 2.45) is 0 Å². The maximum atomic E-state index is 12.7. The summed E-state index contributed by atoms with van der Waals surface area (Å²) >= 11 is 2.86. The third-order valence-corrected chi connectivity index (χ3v) is 5.86. The van der Waals surface area contributed by atoms with Gasteiger partial charge in [0.1, 0.15) is 0 Å². The van der Waals surface area contributed by atoms with Crippen molar-refractivity contribution in [1.29, 1.82) is 0 Å². The van der Waals surface area contributed by atoms with Crippen LogP contribution in [-0.2, 0) is 14.6 Å². The fourth-order valence-corrected chi connectivity index (χ4v) is 3.91. The standard InChI is InChI=1S/C17H14N2O3S3/c1-25(21,22)14-4-2-13(3-5-14)15(10-12-6-8-23-11-12)16(20)19-17-18-7-9-24-17/h2-11H,1H3,(H,18,19,20)/b15-10+. The Morgan fingerprint density at radius 1 is 1.16 bits per heavy atom. The number of carbonyl (C=O) groups is 1. The topological polar surface area (TPSA) is 76.1 Å². The number of carbonyl (C=O) groups excluding carboxylic acids is 1. The van der Waals surface area contributed by atoms with Crippen LogP contribution >= 0.6 is 22.7 Å². The summed E-state index contributed by atoms with van der Waals surface area (Å²) in [5.74, 6) is -0.298. The molecule has 1 amide bonds. The maximum absolute atomic E-state index is 12.7. The van der Waals surface area contributed by atoms with Crippen molar-refractivity contribution >= 4 is 55.2 Å². The van der Waals surface area contributed by atoms with Crippen LogP contribution in [0, 0.1) is 0 Å². The predicted molar refractivity (Wildman–Crippen MR) is 102 cm³/mol. The van der Waals surface area contributed by atoms with Gasteiger partial charge in [0.25, 0.3) is 5.91 Å². The van der Waals surface area contributed by atoms with Gasteiger partial charge in [-0.25, -0.2) is 13.4 Å². The van der Waals surface area contributed by atoms with E-state index in [1.807, 2.05) is 16.8 Å². The Hall–Kier alpha value is -2.29. The number of hydrogen-bond donors (Lipinski definition) is 1. The van der Waals surface area contributed by atoms with E-state index in [0.717, 1.165) is 11.8 Å². The molecule has 0 saturated carbocycles. The third kappa shape index (κ3) is 4.41. The van der Waals surface area contributed by atoms with Crippen molar-refractivity contribution in [1.82, 2.24) is 4.98 Å². The van der Waals surface area contributed by atoms with E-state index in [0.29, 0.717) is 16.3 Å². The second kappa shape index (κ2) is 7.30. The van der Waals surface area contributed by atoms with Gasteiger partial charge in [-0.05, 0) is 46.2 Å². The van der Waals surface area contributed by atoms with Gasteiger partial charge in [-0.1, -0.05) is 12.1 Å². The lowest BCUT2D eigenvalue weighted by molar-refractivity contribution is -0.111. The minimum absolute atomic E-state index is 0.214. The fraction of sp³-hybridized carbons (Fsp3) is 0.0588. The first kappa shape index (κ1) is 17.5. The number of hydrogen-bond acceptors (Lipinski definition) is 6. The van der Waals surface area contributed by atoms with Crippen LogP contribution in [0.1, 0.15) is 11.1 Å². The molecular formula is C17H14N2O3S3. The van der Waals surface area contributed by atoms with Crippen molar-refractivity contribution in [2.45, 2.75) is 4.90 Å². The molecule has 1 N–H and O–H groups in total. The second-order valence-electron chi connectivity index (χ2n) is 5.20. The molecule has 0 aliphatic heterocycles. The molecule has 2 heterocycles. The van der Waals surface area contributed by atoms with Crippen LogP contribution < -0.4 is 5.32 Å². The summed E-state index contributed by atoms with van der Waals surface area (Å²) in [6.07, 6.45) is 4.54. The number of aromatic nitrogens is 1. The zero-order valence-corrected chi connectivity index (χ0v) is 15.6. The minimum Gasteiger partial charge on any atom is -0.298 e. The van der Waals surface area contributed by atoms with Crippen LogP contribution in [0.4, 0.5) is 5.13 Å². The Morgan fingerprint density at radius 3 is 2.48 bits per heavy atom. The van der Waals surface area contributed by atoms with Gasteiger partial charge < -0.3 is 0 Å². The number of anilines is 1. The smallest absolute Gasteiger partial charge is 0.258 e. The molecule has 8 heteroatoms. The van der Waals surface area contributed by atoms with Crippen LogP contribution in [0.15, 0.2) is 57.6 Å². The molecule has 2 aromatic heterocycles. The maximum Gasteiger partial charge on any atom is 0.258 e. The first-order valence-electron chi connectivity index (χ1n) is 7.19. The Kier molecular flexibility index (Phi) is 5.12. The summed E-state index contributed by atoms with van der Waals surface area (Å²) < 4.78 is 23.2. The average molecular weight is 391 g/mol. The van der Waals surface area contributed by atoms with Crippen LogP contribution in [0.5, 0.6) is 0 Å². The van der Waals surface area contributed by atoms with Gasteiger partial charge in [-0.3, -0.25) is 10.1 Å². The zero-order valence-electron chi connectivity index (χ0n) is 13.2. The lowest BCUT2D eigenvalue weighted by atomic mass is 10.0. The monoisotopic (exact) mass is 390 g/mol. The second-order valence-corrected chi connectivity index (χ2v) is 8.89. The first-order chi connectivity index (χ1) is 11.9. The molecule has 0 spiro atoms. The van der Waals surface area contributed by atoms with Gasteiger partial charge in [-0.2, -0.15) is 11.3 Å². The number of thiazole rings is 1. The predicted octanol–water partition coefficient (Wildman–Crippen LogP) is 3.79. The molecule has 0 radical (unpaired) electrons. The molecule has 0 bridgehead atoms. The molecule has 5 nitrogen and oxygen atoms in total. The number of thiophene rings is 1. The van der Waals surface area contributed by atoms with Gasteiger partial charge in [-0.15, -0.1) is 11.3 Å². The van der Waals surface area contributed by atoms with E-state index in [1.165, 1.54) is 34.8 Å². The lowest BCUT2D eigenvalue weighted by Crippen LogP contribution is -2.13. The normalized spacial score (nSPS) is 12.1. The SMILES string of the molecule is CS(=O)(=O)c1ccc(/C(=C\c2ccsc2)C(=O)Nc2nccs2)cc1. The zero-order chi connectivity index (χ0) is 17.9.